The Morgan fingerprint density at radius 3 is 2.26 bits per heavy atom. The number of para-hydroxylation sites is 1. The van der Waals surface area contributed by atoms with Crippen molar-refractivity contribution in [2.75, 3.05) is 6.61 Å². The van der Waals surface area contributed by atoms with Crippen LogP contribution in [0.5, 0.6) is 11.5 Å². The molecule has 0 aliphatic rings. The maximum atomic E-state index is 12.4. The third-order valence-electron chi connectivity index (χ3n) is 3.65. The van der Waals surface area contributed by atoms with Crippen molar-refractivity contribution in [1.29, 1.82) is 0 Å². The molecule has 0 radical (unpaired) electrons. The highest BCUT2D eigenvalue weighted by atomic mass is 32.2. The van der Waals surface area contributed by atoms with E-state index >= 15 is 0 Å². The van der Waals surface area contributed by atoms with Crippen LogP contribution in [-0.2, 0) is 10.1 Å². The van der Waals surface area contributed by atoms with Crippen molar-refractivity contribution in [2.24, 2.45) is 4.99 Å². The maximum absolute atomic E-state index is 12.4. The number of aliphatic imine (C=N–C) groups is 1. The molecule has 0 atom stereocenters. The summed E-state index contributed by atoms with van der Waals surface area (Å²) in [5, 5.41) is 0. The number of hydrogen-bond acceptors (Lipinski definition) is 5. The minimum atomic E-state index is -3.91. The molecule has 3 rings (SSSR count). The molecule has 3 aromatic carbocycles. The summed E-state index contributed by atoms with van der Waals surface area (Å²) >= 11 is 0. The van der Waals surface area contributed by atoms with Gasteiger partial charge in [0.25, 0.3) is 0 Å². The van der Waals surface area contributed by atoms with E-state index in [1.807, 2.05) is 31.2 Å². The molecule has 6 heteroatoms. The molecule has 0 aromatic heterocycles. The van der Waals surface area contributed by atoms with E-state index in [1.54, 1.807) is 48.7 Å². The topological polar surface area (TPSA) is 65.0 Å². The Labute approximate surface area is 159 Å². The minimum absolute atomic E-state index is 0.100. The zero-order valence-corrected chi connectivity index (χ0v) is 15.6. The monoisotopic (exact) mass is 381 g/mol. The van der Waals surface area contributed by atoms with Gasteiger partial charge in [-0.2, -0.15) is 8.42 Å². The van der Waals surface area contributed by atoms with Crippen LogP contribution in [0.2, 0.25) is 0 Å². The van der Waals surface area contributed by atoms with Gasteiger partial charge in [0.05, 0.1) is 12.3 Å². The van der Waals surface area contributed by atoms with Gasteiger partial charge in [-0.05, 0) is 55.5 Å². The molecule has 27 heavy (non-hydrogen) atoms. The summed E-state index contributed by atoms with van der Waals surface area (Å²) in [7, 11) is -3.91. The SMILES string of the molecule is CCOc1ccc(N=Cc2ccccc2OS(=O)(=O)c2ccccc2)cc1. The fourth-order valence-corrected chi connectivity index (χ4v) is 3.33. The normalized spacial score (nSPS) is 11.4. The zero-order valence-electron chi connectivity index (χ0n) is 14.8. The molecule has 5 nitrogen and oxygen atoms in total. The predicted octanol–water partition coefficient (Wildman–Crippen LogP) is 4.60. The molecule has 0 unspecified atom stereocenters. The summed E-state index contributed by atoms with van der Waals surface area (Å²) in [6.45, 7) is 2.52. The Bertz CT molecular complexity index is 1010. The smallest absolute Gasteiger partial charge is 0.339 e. The van der Waals surface area contributed by atoms with E-state index in [4.69, 9.17) is 8.92 Å². The van der Waals surface area contributed by atoms with E-state index in [9.17, 15) is 8.42 Å². The van der Waals surface area contributed by atoms with Gasteiger partial charge in [0, 0.05) is 11.8 Å². The molecule has 0 aliphatic carbocycles. The molecule has 138 valence electrons. The molecule has 0 bridgehead atoms. The average molecular weight is 381 g/mol. The number of ether oxygens (including phenoxy) is 1. The Kier molecular flexibility index (Phi) is 5.88. The maximum Gasteiger partial charge on any atom is 0.339 e. The van der Waals surface area contributed by atoms with Crippen molar-refractivity contribution in [3.63, 3.8) is 0 Å². The van der Waals surface area contributed by atoms with Crippen molar-refractivity contribution < 1.29 is 17.3 Å². The summed E-state index contributed by atoms with van der Waals surface area (Å²) in [5.74, 6) is 0.991. The van der Waals surface area contributed by atoms with Gasteiger partial charge in [0.2, 0.25) is 0 Å². The van der Waals surface area contributed by atoms with Crippen molar-refractivity contribution in [1.82, 2.24) is 0 Å². The van der Waals surface area contributed by atoms with Gasteiger partial charge in [-0.15, -0.1) is 0 Å². The van der Waals surface area contributed by atoms with Crippen LogP contribution in [0, 0.1) is 0 Å². The molecular weight excluding hydrogens is 362 g/mol. The second kappa shape index (κ2) is 8.51. The summed E-state index contributed by atoms with van der Waals surface area (Å²) in [4.78, 5) is 4.49. The lowest BCUT2D eigenvalue weighted by atomic mass is 10.2. The average Bonchev–Trinajstić information content (AvgIpc) is 2.69. The largest absolute Gasteiger partial charge is 0.494 e. The van der Waals surface area contributed by atoms with Gasteiger partial charge in [-0.1, -0.05) is 30.3 Å². The number of nitrogens with zero attached hydrogens (tertiary/aromatic N) is 1. The lowest BCUT2D eigenvalue weighted by Crippen LogP contribution is -2.10. The van der Waals surface area contributed by atoms with E-state index in [1.165, 1.54) is 12.1 Å². The van der Waals surface area contributed by atoms with E-state index < -0.39 is 10.1 Å². The quantitative estimate of drug-likeness (QED) is 0.443. The Balaban J connectivity index is 1.82. The van der Waals surface area contributed by atoms with Gasteiger partial charge in [-0.25, -0.2) is 0 Å². The van der Waals surface area contributed by atoms with Gasteiger partial charge in [-0.3, -0.25) is 4.99 Å². The summed E-state index contributed by atoms with van der Waals surface area (Å²) in [6.07, 6.45) is 1.57. The third-order valence-corrected chi connectivity index (χ3v) is 4.90. The second-order valence-electron chi connectivity index (χ2n) is 5.57. The minimum Gasteiger partial charge on any atom is -0.494 e. The van der Waals surface area contributed by atoms with Crippen LogP contribution in [0.4, 0.5) is 5.69 Å². The first-order valence-corrected chi connectivity index (χ1v) is 9.85. The highest BCUT2D eigenvalue weighted by molar-refractivity contribution is 7.87. The van der Waals surface area contributed by atoms with Crippen molar-refractivity contribution >= 4 is 22.0 Å². The fourth-order valence-electron chi connectivity index (χ4n) is 2.36. The number of hydrogen-bond donors (Lipinski definition) is 0. The van der Waals surface area contributed by atoms with Crippen LogP contribution in [0.15, 0.2) is 88.8 Å². The van der Waals surface area contributed by atoms with E-state index in [0.717, 1.165) is 11.4 Å². The van der Waals surface area contributed by atoms with Crippen LogP contribution in [0.1, 0.15) is 12.5 Å². The van der Waals surface area contributed by atoms with E-state index in [-0.39, 0.29) is 10.6 Å². The Morgan fingerprint density at radius 1 is 0.889 bits per heavy atom. The molecule has 0 aliphatic heterocycles. The molecule has 3 aromatic rings. The summed E-state index contributed by atoms with van der Waals surface area (Å²) < 4.78 is 35.6. The first-order chi connectivity index (χ1) is 13.1. The second-order valence-corrected chi connectivity index (χ2v) is 7.12. The Hall–Kier alpha value is -3.12. The molecule has 0 heterocycles. The Morgan fingerprint density at radius 2 is 1.56 bits per heavy atom. The van der Waals surface area contributed by atoms with Gasteiger partial charge in [0.15, 0.2) is 5.75 Å². The van der Waals surface area contributed by atoms with Gasteiger partial charge < -0.3 is 8.92 Å². The van der Waals surface area contributed by atoms with Crippen LogP contribution in [0.25, 0.3) is 0 Å². The zero-order chi connectivity index (χ0) is 19.1. The standard InChI is InChI=1S/C21H19NO4S/c1-2-25-19-14-12-18(13-15-19)22-16-17-8-6-7-11-21(17)26-27(23,24)20-9-4-3-5-10-20/h3-16H,2H2,1H3. The van der Waals surface area contributed by atoms with Crippen LogP contribution in [-0.4, -0.2) is 21.2 Å². The van der Waals surface area contributed by atoms with E-state index in [0.29, 0.717) is 12.2 Å². The summed E-state index contributed by atoms with van der Waals surface area (Å²) in [6, 6.07) is 22.2. The lowest BCUT2D eigenvalue weighted by molar-refractivity contribution is 0.340. The number of rotatable bonds is 7. The first kappa shape index (κ1) is 18.7. The van der Waals surface area contributed by atoms with Gasteiger partial charge in [0.1, 0.15) is 10.6 Å². The first-order valence-electron chi connectivity index (χ1n) is 8.44. The fraction of sp³-hybridized carbons (Fsp3) is 0.0952. The van der Waals surface area contributed by atoms with Crippen LogP contribution in [0.3, 0.4) is 0 Å². The highest BCUT2D eigenvalue weighted by Gasteiger charge is 2.17. The predicted molar refractivity (Wildman–Crippen MR) is 106 cm³/mol. The summed E-state index contributed by atoms with van der Waals surface area (Å²) in [5.41, 5.74) is 1.28. The molecule has 0 N–H and O–H groups in total. The molecule has 0 amide bonds. The molecule has 0 saturated carbocycles. The van der Waals surface area contributed by atoms with E-state index in [2.05, 4.69) is 4.99 Å². The molecule has 0 fully saturated rings. The van der Waals surface area contributed by atoms with Crippen LogP contribution < -0.4 is 8.92 Å². The highest BCUT2D eigenvalue weighted by Crippen LogP contribution is 2.23. The van der Waals surface area contributed by atoms with Crippen molar-refractivity contribution in [2.45, 2.75) is 11.8 Å². The van der Waals surface area contributed by atoms with Gasteiger partial charge >= 0.3 is 10.1 Å². The molecule has 0 saturated heterocycles. The number of benzene rings is 3. The van der Waals surface area contributed by atoms with Crippen molar-refractivity contribution in [3.05, 3.63) is 84.4 Å². The molecular formula is C21H19NO4S. The lowest BCUT2D eigenvalue weighted by Gasteiger charge is -2.09. The van der Waals surface area contributed by atoms with Crippen molar-refractivity contribution in [3.8, 4) is 11.5 Å². The van der Waals surface area contributed by atoms with Crippen LogP contribution >= 0.6 is 0 Å². The molecule has 0 spiro atoms. The third kappa shape index (κ3) is 4.95.